The van der Waals surface area contributed by atoms with E-state index in [4.69, 9.17) is 4.42 Å². The average molecular weight is 376 g/mol. The van der Waals surface area contributed by atoms with Crippen LogP contribution < -0.4 is 4.90 Å². The molecule has 0 aromatic carbocycles. The molecule has 0 unspecified atom stereocenters. The third-order valence-corrected chi connectivity index (χ3v) is 6.04. The van der Waals surface area contributed by atoms with Gasteiger partial charge in [-0.05, 0) is 45.8 Å². The first kappa shape index (κ1) is 17.2. The minimum atomic E-state index is -0.530. The Hall–Kier alpha value is -2.89. The normalized spacial score (nSPS) is 20.9. The number of fused-ring (bicyclic) bond motifs is 1. The van der Waals surface area contributed by atoms with Gasteiger partial charge in [0.1, 0.15) is 5.69 Å². The highest BCUT2D eigenvalue weighted by Gasteiger charge is 2.49. The van der Waals surface area contributed by atoms with Gasteiger partial charge in [0.15, 0.2) is 5.76 Å². The van der Waals surface area contributed by atoms with Crippen LogP contribution in [0.1, 0.15) is 45.1 Å². The topological polar surface area (TPSA) is 62.5 Å². The molecule has 1 saturated carbocycles. The summed E-state index contributed by atoms with van der Waals surface area (Å²) in [7, 11) is 2.06. The summed E-state index contributed by atoms with van der Waals surface area (Å²) in [5, 5.41) is 0. The quantitative estimate of drug-likeness (QED) is 0.816. The summed E-state index contributed by atoms with van der Waals surface area (Å²) >= 11 is 0. The van der Waals surface area contributed by atoms with Crippen LogP contribution in [0.2, 0.25) is 0 Å². The molecule has 0 bridgehead atoms. The number of hydrogen-bond donors (Lipinski definition) is 0. The Labute approximate surface area is 164 Å². The Morgan fingerprint density at radius 2 is 2.00 bits per heavy atom. The van der Waals surface area contributed by atoms with Crippen LogP contribution in [0.3, 0.4) is 0 Å². The fraction of sp³-hybridized carbons (Fsp3) is 0.409. The molecule has 0 saturated heterocycles. The van der Waals surface area contributed by atoms with Gasteiger partial charge < -0.3 is 14.2 Å². The fourth-order valence-corrected chi connectivity index (χ4v) is 3.93. The number of allylic oxidation sites excluding steroid dienone is 3. The summed E-state index contributed by atoms with van der Waals surface area (Å²) in [5.74, 6) is 1.39. The zero-order valence-electron chi connectivity index (χ0n) is 16.7. The van der Waals surface area contributed by atoms with Gasteiger partial charge in [0.25, 0.3) is 0 Å². The number of pyridine rings is 1. The minimum Gasteiger partial charge on any atom is -0.434 e. The van der Waals surface area contributed by atoms with E-state index in [2.05, 4.69) is 41.0 Å². The smallest absolute Gasteiger partial charge is 0.237 e. The van der Waals surface area contributed by atoms with E-state index < -0.39 is 5.41 Å². The van der Waals surface area contributed by atoms with Crippen molar-refractivity contribution in [2.24, 2.45) is 0 Å². The van der Waals surface area contributed by atoms with Crippen LogP contribution in [0.4, 0.5) is 5.69 Å². The lowest BCUT2D eigenvalue weighted by Crippen LogP contribution is -2.37. The van der Waals surface area contributed by atoms with Crippen molar-refractivity contribution in [3.8, 4) is 11.5 Å². The van der Waals surface area contributed by atoms with Gasteiger partial charge in [-0.2, -0.15) is 0 Å². The van der Waals surface area contributed by atoms with E-state index >= 15 is 0 Å². The number of nitrogens with zero attached hydrogens (tertiary/aromatic N) is 4. The summed E-state index contributed by atoms with van der Waals surface area (Å²) in [6.45, 7) is 6.86. The number of amides is 1. The predicted octanol–water partition coefficient (Wildman–Crippen LogP) is 3.76. The molecule has 0 N–H and O–H groups in total. The lowest BCUT2D eigenvalue weighted by atomic mass is 9.87. The van der Waals surface area contributed by atoms with Gasteiger partial charge >= 0.3 is 0 Å². The summed E-state index contributed by atoms with van der Waals surface area (Å²) in [5.41, 5.74) is 4.30. The fourth-order valence-electron chi connectivity index (χ4n) is 3.93. The van der Waals surface area contributed by atoms with E-state index in [9.17, 15) is 4.79 Å². The van der Waals surface area contributed by atoms with Gasteiger partial charge in [-0.1, -0.05) is 6.08 Å². The molecule has 0 spiro atoms. The van der Waals surface area contributed by atoms with Crippen molar-refractivity contribution < 1.29 is 9.21 Å². The van der Waals surface area contributed by atoms with Crippen molar-refractivity contribution >= 4 is 17.2 Å². The summed E-state index contributed by atoms with van der Waals surface area (Å²) in [4.78, 5) is 26.1. The van der Waals surface area contributed by atoms with Gasteiger partial charge in [-0.3, -0.25) is 9.78 Å². The first-order valence-electron chi connectivity index (χ1n) is 9.76. The monoisotopic (exact) mass is 376 g/mol. The Kier molecular flexibility index (Phi) is 3.57. The lowest BCUT2D eigenvalue weighted by molar-refractivity contribution is -0.122. The molecule has 2 aliphatic heterocycles. The number of hydrogen-bond acceptors (Lipinski definition) is 5. The largest absolute Gasteiger partial charge is 0.434 e. The predicted molar refractivity (Wildman–Crippen MR) is 108 cm³/mol. The molecule has 6 heteroatoms. The van der Waals surface area contributed by atoms with E-state index in [0.29, 0.717) is 23.4 Å². The van der Waals surface area contributed by atoms with Crippen LogP contribution in [0.25, 0.3) is 17.0 Å². The second kappa shape index (κ2) is 5.80. The molecule has 3 aliphatic rings. The van der Waals surface area contributed by atoms with Gasteiger partial charge in [-0.25, -0.2) is 4.98 Å². The highest BCUT2D eigenvalue weighted by Crippen LogP contribution is 2.47. The maximum Gasteiger partial charge on any atom is 0.237 e. The molecule has 1 amide bonds. The second-order valence-electron chi connectivity index (χ2n) is 8.47. The first-order valence-corrected chi connectivity index (χ1v) is 9.76. The zero-order valence-corrected chi connectivity index (χ0v) is 16.7. The summed E-state index contributed by atoms with van der Waals surface area (Å²) in [6, 6.07) is 2.31. The molecule has 1 aliphatic carbocycles. The average Bonchev–Trinajstić information content (AvgIpc) is 3.33. The number of anilines is 1. The van der Waals surface area contributed by atoms with E-state index in [-0.39, 0.29) is 5.91 Å². The van der Waals surface area contributed by atoms with Crippen molar-refractivity contribution in [3.05, 3.63) is 47.8 Å². The highest BCUT2D eigenvalue weighted by atomic mass is 16.4. The van der Waals surface area contributed by atoms with Gasteiger partial charge in [0, 0.05) is 42.7 Å². The Morgan fingerprint density at radius 1 is 1.21 bits per heavy atom. The van der Waals surface area contributed by atoms with Crippen molar-refractivity contribution in [2.45, 2.75) is 45.1 Å². The summed E-state index contributed by atoms with van der Waals surface area (Å²) < 4.78 is 6.03. The van der Waals surface area contributed by atoms with Crippen LogP contribution >= 0.6 is 0 Å². The third-order valence-electron chi connectivity index (χ3n) is 6.04. The summed E-state index contributed by atoms with van der Waals surface area (Å²) in [6.07, 6.45) is 9.86. The molecule has 28 heavy (non-hydrogen) atoms. The van der Waals surface area contributed by atoms with Crippen molar-refractivity contribution in [1.82, 2.24) is 14.9 Å². The first-order chi connectivity index (χ1) is 13.4. The molecule has 2 aromatic heterocycles. The number of aromatic nitrogens is 2. The van der Waals surface area contributed by atoms with E-state index in [1.807, 2.05) is 31.0 Å². The second-order valence-corrected chi connectivity index (χ2v) is 8.47. The third kappa shape index (κ3) is 2.51. The minimum absolute atomic E-state index is 0.166. The molecular formula is C22H24N4O2. The van der Waals surface area contributed by atoms with Crippen molar-refractivity contribution in [1.29, 1.82) is 0 Å². The molecular weight excluding hydrogens is 352 g/mol. The van der Waals surface area contributed by atoms with E-state index in [1.54, 1.807) is 6.20 Å². The van der Waals surface area contributed by atoms with E-state index in [0.717, 1.165) is 36.2 Å². The van der Waals surface area contributed by atoms with Crippen molar-refractivity contribution in [2.75, 3.05) is 18.5 Å². The Bertz CT molecular complexity index is 1040. The number of oxazole rings is 1. The highest BCUT2D eigenvalue weighted by molar-refractivity contribution is 6.08. The van der Waals surface area contributed by atoms with Crippen LogP contribution in [0, 0.1) is 0 Å². The maximum atomic E-state index is 12.9. The molecule has 2 aromatic rings. The number of carbonyl (C=O) groups excluding carboxylic acids is 1. The standard InChI is InChI=1S/C22H24N4O2/c1-13-9-14(7-8-25(13)4)20-24-12-19(28-20)17-10-18-16(11-23-17)22(2,3)21(27)26(18)15-5-6-15/h7,9-12,15H,5-6,8H2,1-4H3. The number of rotatable bonds is 3. The Balaban J connectivity index is 1.51. The molecule has 6 nitrogen and oxygen atoms in total. The van der Waals surface area contributed by atoms with Gasteiger partial charge in [0.05, 0.1) is 17.3 Å². The lowest BCUT2D eigenvalue weighted by Gasteiger charge is -2.22. The van der Waals surface area contributed by atoms with Crippen LogP contribution in [0.15, 0.2) is 40.7 Å². The van der Waals surface area contributed by atoms with Crippen LogP contribution in [-0.2, 0) is 10.2 Å². The molecule has 5 rings (SSSR count). The maximum absolute atomic E-state index is 12.9. The SMILES string of the molecule is CC1=CC(c2ncc(-c3cc4c(cn3)C(C)(C)C(=O)N4C3CC3)o2)=CCN1C. The van der Waals surface area contributed by atoms with Crippen LogP contribution in [-0.4, -0.2) is 40.4 Å². The van der Waals surface area contributed by atoms with Gasteiger partial charge in [0.2, 0.25) is 11.8 Å². The molecule has 1 fully saturated rings. The molecule has 4 heterocycles. The van der Waals surface area contributed by atoms with Gasteiger partial charge in [-0.15, -0.1) is 0 Å². The molecule has 0 atom stereocenters. The number of carbonyl (C=O) groups is 1. The zero-order chi connectivity index (χ0) is 19.6. The Morgan fingerprint density at radius 3 is 2.71 bits per heavy atom. The van der Waals surface area contributed by atoms with Crippen LogP contribution in [0.5, 0.6) is 0 Å². The number of likely N-dealkylation sites (N-methyl/N-ethyl adjacent to an activating group) is 1. The molecule has 144 valence electrons. The molecule has 0 radical (unpaired) electrons. The van der Waals surface area contributed by atoms with E-state index in [1.165, 1.54) is 5.70 Å². The van der Waals surface area contributed by atoms with Crippen molar-refractivity contribution in [3.63, 3.8) is 0 Å².